The minimum Gasteiger partial charge on any atom is -0.324 e. The number of hydrogen-bond acceptors (Lipinski definition) is 2. The zero-order chi connectivity index (χ0) is 12.3. The summed E-state index contributed by atoms with van der Waals surface area (Å²) in [4.78, 5) is 4.36. The van der Waals surface area contributed by atoms with Gasteiger partial charge in [-0.15, -0.1) is 0 Å². The van der Waals surface area contributed by atoms with E-state index in [0.29, 0.717) is 0 Å². The van der Waals surface area contributed by atoms with E-state index in [1.54, 1.807) is 0 Å². The summed E-state index contributed by atoms with van der Waals surface area (Å²) in [6.45, 7) is 4.22. The lowest BCUT2D eigenvalue weighted by molar-refractivity contribution is 0.690. The second kappa shape index (κ2) is 5.15. The van der Waals surface area contributed by atoms with Gasteiger partial charge in [-0.05, 0) is 18.1 Å². The van der Waals surface area contributed by atoms with Gasteiger partial charge in [-0.3, -0.25) is 0 Å². The van der Waals surface area contributed by atoms with E-state index in [4.69, 9.17) is 5.73 Å². The molecular weight excluding hydrogens is 210 g/mol. The lowest BCUT2D eigenvalue weighted by Gasteiger charge is -2.16. The summed E-state index contributed by atoms with van der Waals surface area (Å²) in [7, 11) is 0. The van der Waals surface area contributed by atoms with Gasteiger partial charge in [0, 0.05) is 24.9 Å². The Morgan fingerprint density at radius 2 is 2.06 bits per heavy atom. The molecule has 0 aliphatic carbocycles. The molecule has 0 bridgehead atoms. The normalized spacial score (nSPS) is 12.6. The van der Waals surface area contributed by atoms with Crippen LogP contribution >= 0.6 is 0 Å². The molecule has 0 saturated carbocycles. The molecule has 1 atom stereocenters. The number of benzene rings is 1. The number of nitrogens with zero attached hydrogens (tertiary/aromatic N) is 2. The zero-order valence-corrected chi connectivity index (χ0v) is 10.4. The molecule has 3 heteroatoms. The Bertz CT molecular complexity index is 488. The van der Waals surface area contributed by atoms with Gasteiger partial charge in [0.1, 0.15) is 5.82 Å². The number of aryl methyl sites for hydroxylation is 1. The molecule has 0 aliphatic rings. The van der Waals surface area contributed by atoms with Crippen LogP contribution in [0.5, 0.6) is 0 Å². The largest absolute Gasteiger partial charge is 0.324 e. The van der Waals surface area contributed by atoms with Crippen LogP contribution in [0.15, 0.2) is 36.7 Å². The van der Waals surface area contributed by atoms with Gasteiger partial charge >= 0.3 is 0 Å². The number of nitrogens with two attached hydrogens (primary N) is 1. The minimum atomic E-state index is 0.0818. The third-order valence-corrected chi connectivity index (χ3v) is 3.07. The minimum absolute atomic E-state index is 0.0818. The molecule has 0 fully saturated rings. The standard InChI is InChI=1S/C14H19N3/c1-3-12(15)11-7-5-6-8-13(11)17-10-9-16-14(17)4-2/h5-10,12H,3-4,15H2,1-2H3. The summed E-state index contributed by atoms with van der Waals surface area (Å²) >= 11 is 0. The predicted octanol–water partition coefficient (Wildman–Crippen LogP) is 2.84. The molecule has 1 aromatic carbocycles. The van der Waals surface area contributed by atoms with Crippen molar-refractivity contribution < 1.29 is 0 Å². The van der Waals surface area contributed by atoms with E-state index in [2.05, 4.69) is 35.5 Å². The maximum absolute atomic E-state index is 6.16. The molecule has 1 aromatic heterocycles. The Labute approximate surface area is 102 Å². The van der Waals surface area contributed by atoms with Crippen molar-refractivity contribution in [3.05, 3.63) is 48.0 Å². The van der Waals surface area contributed by atoms with Crippen molar-refractivity contribution in [3.8, 4) is 5.69 Å². The SMILES string of the molecule is CCc1nccn1-c1ccccc1C(N)CC. The fraction of sp³-hybridized carbons (Fsp3) is 0.357. The Hall–Kier alpha value is -1.61. The summed E-state index contributed by atoms with van der Waals surface area (Å²) in [6.07, 6.45) is 5.70. The fourth-order valence-corrected chi connectivity index (χ4v) is 2.06. The monoisotopic (exact) mass is 229 g/mol. The molecule has 0 aliphatic heterocycles. The third kappa shape index (κ3) is 2.24. The van der Waals surface area contributed by atoms with Crippen molar-refractivity contribution in [1.82, 2.24) is 9.55 Å². The Kier molecular flexibility index (Phi) is 3.59. The topological polar surface area (TPSA) is 43.8 Å². The van der Waals surface area contributed by atoms with E-state index in [0.717, 1.165) is 24.4 Å². The van der Waals surface area contributed by atoms with Crippen LogP contribution in [0.4, 0.5) is 0 Å². The number of imidazole rings is 1. The highest BCUT2D eigenvalue weighted by Gasteiger charge is 2.11. The lowest BCUT2D eigenvalue weighted by Crippen LogP contribution is -2.13. The summed E-state index contributed by atoms with van der Waals surface area (Å²) in [6, 6.07) is 8.37. The predicted molar refractivity (Wildman–Crippen MR) is 70.2 cm³/mol. The van der Waals surface area contributed by atoms with Crippen LogP contribution in [0.3, 0.4) is 0 Å². The molecule has 0 amide bonds. The number of aromatic nitrogens is 2. The Morgan fingerprint density at radius 3 is 2.76 bits per heavy atom. The number of hydrogen-bond donors (Lipinski definition) is 1. The van der Waals surface area contributed by atoms with Gasteiger partial charge in [-0.25, -0.2) is 4.98 Å². The van der Waals surface area contributed by atoms with Crippen LogP contribution in [0.25, 0.3) is 5.69 Å². The van der Waals surface area contributed by atoms with Crippen LogP contribution in [0.2, 0.25) is 0 Å². The Balaban J connectivity index is 2.52. The highest BCUT2D eigenvalue weighted by molar-refractivity contribution is 5.43. The highest BCUT2D eigenvalue weighted by Crippen LogP contribution is 2.23. The van der Waals surface area contributed by atoms with Gasteiger partial charge in [0.2, 0.25) is 0 Å². The van der Waals surface area contributed by atoms with Crippen molar-refractivity contribution in [2.24, 2.45) is 5.73 Å². The van der Waals surface area contributed by atoms with Crippen molar-refractivity contribution >= 4 is 0 Å². The Morgan fingerprint density at radius 1 is 1.29 bits per heavy atom. The molecule has 3 nitrogen and oxygen atoms in total. The van der Waals surface area contributed by atoms with E-state index in [1.165, 1.54) is 5.56 Å². The van der Waals surface area contributed by atoms with E-state index >= 15 is 0 Å². The first-order valence-electron chi connectivity index (χ1n) is 6.15. The van der Waals surface area contributed by atoms with Crippen LogP contribution in [0, 0.1) is 0 Å². The fourth-order valence-electron chi connectivity index (χ4n) is 2.06. The van der Waals surface area contributed by atoms with Gasteiger partial charge in [-0.1, -0.05) is 32.0 Å². The molecule has 1 unspecified atom stereocenters. The van der Waals surface area contributed by atoms with Crippen molar-refractivity contribution in [1.29, 1.82) is 0 Å². The maximum atomic E-state index is 6.16. The molecular formula is C14H19N3. The van der Waals surface area contributed by atoms with Crippen LogP contribution in [0.1, 0.15) is 37.7 Å². The van der Waals surface area contributed by atoms with Gasteiger partial charge in [0.05, 0.1) is 5.69 Å². The number of para-hydroxylation sites is 1. The van der Waals surface area contributed by atoms with E-state index < -0.39 is 0 Å². The molecule has 0 radical (unpaired) electrons. The van der Waals surface area contributed by atoms with Crippen molar-refractivity contribution in [2.45, 2.75) is 32.7 Å². The summed E-state index contributed by atoms with van der Waals surface area (Å²) in [5, 5.41) is 0. The van der Waals surface area contributed by atoms with Crippen LogP contribution in [-0.4, -0.2) is 9.55 Å². The molecule has 0 saturated heterocycles. The first kappa shape index (κ1) is 11.9. The molecule has 2 rings (SSSR count). The van der Waals surface area contributed by atoms with Crippen molar-refractivity contribution in [2.75, 3.05) is 0 Å². The van der Waals surface area contributed by atoms with Crippen LogP contribution in [-0.2, 0) is 6.42 Å². The summed E-state index contributed by atoms with van der Waals surface area (Å²) in [5.41, 5.74) is 8.49. The molecule has 2 N–H and O–H groups in total. The smallest absolute Gasteiger partial charge is 0.112 e. The van der Waals surface area contributed by atoms with E-state index in [1.807, 2.05) is 24.5 Å². The second-order valence-corrected chi connectivity index (χ2v) is 4.14. The third-order valence-electron chi connectivity index (χ3n) is 3.07. The van der Waals surface area contributed by atoms with Crippen molar-refractivity contribution in [3.63, 3.8) is 0 Å². The average Bonchev–Trinajstić information content (AvgIpc) is 2.86. The van der Waals surface area contributed by atoms with Gasteiger partial charge in [-0.2, -0.15) is 0 Å². The molecule has 0 spiro atoms. The van der Waals surface area contributed by atoms with Gasteiger partial charge < -0.3 is 10.3 Å². The maximum Gasteiger partial charge on any atom is 0.112 e. The molecule has 90 valence electrons. The second-order valence-electron chi connectivity index (χ2n) is 4.14. The van der Waals surface area contributed by atoms with E-state index in [-0.39, 0.29) is 6.04 Å². The first-order valence-corrected chi connectivity index (χ1v) is 6.15. The summed E-state index contributed by atoms with van der Waals surface area (Å²) < 4.78 is 2.13. The van der Waals surface area contributed by atoms with Gasteiger partial charge in [0.15, 0.2) is 0 Å². The van der Waals surface area contributed by atoms with E-state index in [9.17, 15) is 0 Å². The quantitative estimate of drug-likeness (QED) is 0.876. The molecule has 1 heterocycles. The summed E-state index contributed by atoms with van der Waals surface area (Å²) in [5.74, 6) is 1.07. The van der Waals surface area contributed by atoms with Gasteiger partial charge in [0.25, 0.3) is 0 Å². The number of rotatable bonds is 4. The molecule has 2 aromatic rings. The zero-order valence-electron chi connectivity index (χ0n) is 10.4. The lowest BCUT2D eigenvalue weighted by atomic mass is 10.0. The average molecular weight is 229 g/mol. The first-order chi connectivity index (χ1) is 8.27. The van der Waals surface area contributed by atoms with Crippen LogP contribution < -0.4 is 5.73 Å². The molecule has 17 heavy (non-hydrogen) atoms. The highest BCUT2D eigenvalue weighted by atomic mass is 15.1.